The van der Waals surface area contributed by atoms with Crippen LogP contribution in [0.3, 0.4) is 0 Å². The van der Waals surface area contributed by atoms with Crippen molar-refractivity contribution in [2.45, 2.75) is 70.7 Å². The van der Waals surface area contributed by atoms with Crippen LogP contribution >= 0.6 is 34.7 Å². The zero-order valence-electron chi connectivity index (χ0n) is 21.3. The number of hydrogen-bond acceptors (Lipinski definition) is 8. The third kappa shape index (κ3) is 6.66. The van der Waals surface area contributed by atoms with Gasteiger partial charge in [0.25, 0.3) is 0 Å². The molecule has 0 aliphatic heterocycles. The van der Waals surface area contributed by atoms with Crippen LogP contribution in [0.1, 0.15) is 64.8 Å². The average Bonchev–Trinajstić information content (AvgIpc) is 3.42. The minimum Gasteiger partial charge on any atom is -0.484 e. The first kappa shape index (κ1) is 27.5. The molecule has 1 N–H and O–H groups in total. The quantitative estimate of drug-likeness (QED) is 0.249. The van der Waals surface area contributed by atoms with Crippen LogP contribution < -0.4 is 10.1 Å². The monoisotopic (exact) mass is 562 g/mol. The number of hydrogen-bond donors (Lipinski definition) is 1. The standard InChI is InChI=1S/C26H31ClN4O4S2/c1-4-31-21(14-35-19-13-16(2)11-12-18(19)27)29-30-26(31)36-15-22(32)28-24-23(25(33)34-3)17-9-7-5-6-8-10-20(17)37-24/h11-13H,4-10,14-15H2,1-3H3,(H,28,32). The third-order valence-electron chi connectivity index (χ3n) is 6.20. The van der Waals surface area contributed by atoms with Gasteiger partial charge >= 0.3 is 5.97 Å². The summed E-state index contributed by atoms with van der Waals surface area (Å²) in [5.74, 6) is 0.761. The number of esters is 1. The van der Waals surface area contributed by atoms with Gasteiger partial charge in [0, 0.05) is 11.4 Å². The molecule has 0 bridgehead atoms. The minimum absolute atomic E-state index is 0.131. The van der Waals surface area contributed by atoms with Crippen LogP contribution in [-0.4, -0.2) is 39.5 Å². The van der Waals surface area contributed by atoms with Crippen LogP contribution in [0.5, 0.6) is 5.75 Å². The SMILES string of the molecule is CCn1c(COc2cc(C)ccc2Cl)nnc1SCC(=O)Nc1sc2c(c1C(=O)OC)CCCCCC2. The van der Waals surface area contributed by atoms with Gasteiger partial charge in [0.05, 0.1) is 23.4 Å². The lowest BCUT2D eigenvalue weighted by atomic mass is 9.96. The number of amides is 1. The maximum absolute atomic E-state index is 12.9. The van der Waals surface area contributed by atoms with Gasteiger partial charge in [-0.1, -0.05) is 42.3 Å². The molecule has 4 rings (SSSR count). The van der Waals surface area contributed by atoms with E-state index in [1.54, 1.807) is 6.07 Å². The molecular weight excluding hydrogens is 532 g/mol. The fourth-order valence-corrected chi connectivity index (χ4v) is 6.62. The summed E-state index contributed by atoms with van der Waals surface area (Å²) < 4.78 is 12.9. The first-order chi connectivity index (χ1) is 17.9. The van der Waals surface area contributed by atoms with E-state index in [0.717, 1.165) is 43.2 Å². The van der Waals surface area contributed by atoms with Crippen LogP contribution in [0.15, 0.2) is 23.4 Å². The van der Waals surface area contributed by atoms with E-state index in [1.807, 2.05) is 30.5 Å². The number of nitrogens with one attached hydrogen (secondary N) is 1. The lowest BCUT2D eigenvalue weighted by Gasteiger charge is -2.11. The summed E-state index contributed by atoms with van der Waals surface area (Å²) >= 11 is 9.02. The molecule has 0 spiro atoms. The number of thiophene rings is 1. The average molecular weight is 563 g/mol. The predicted octanol–water partition coefficient (Wildman–Crippen LogP) is 6.08. The Morgan fingerprint density at radius 3 is 2.73 bits per heavy atom. The molecule has 0 radical (unpaired) electrons. The molecule has 2 heterocycles. The van der Waals surface area contributed by atoms with Crippen molar-refractivity contribution in [1.29, 1.82) is 0 Å². The highest BCUT2D eigenvalue weighted by Crippen LogP contribution is 2.37. The Balaban J connectivity index is 1.42. The van der Waals surface area contributed by atoms with Crippen LogP contribution in [0.4, 0.5) is 5.00 Å². The highest BCUT2D eigenvalue weighted by molar-refractivity contribution is 7.99. The highest BCUT2D eigenvalue weighted by atomic mass is 35.5. The number of carbonyl (C=O) groups excluding carboxylic acids is 2. The molecule has 37 heavy (non-hydrogen) atoms. The van der Waals surface area contributed by atoms with Crippen molar-refractivity contribution in [2.75, 3.05) is 18.2 Å². The Bertz CT molecular complexity index is 1270. The van der Waals surface area contributed by atoms with Crippen molar-refractivity contribution in [2.24, 2.45) is 0 Å². The predicted molar refractivity (Wildman–Crippen MR) is 147 cm³/mol. The largest absolute Gasteiger partial charge is 0.484 e. The van der Waals surface area contributed by atoms with E-state index in [1.165, 1.54) is 41.5 Å². The van der Waals surface area contributed by atoms with Crippen molar-refractivity contribution in [1.82, 2.24) is 14.8 Å². The van der Waals surface area contributed by atoms with Crippen LogP contribution in [0, 0.1) is 6.92 Å². The van der Waals surface area contributed by atoms with E-state index >= 15 is 0 Å². The van der Waals surface area contributed by atoms with Gasteiger partial charge < -0.3 is 19.4 Å². The first-order valence-electron chi connectivity index (χ1n) is 12.4. The molecule has 8 nitrogen and oxygen atoms in total. The number of thioether (sulfide) groups is 1. The summed E-state index contributed by atoms with van der Waals surface area (Å²) in [5, 5.41) is 13.2. The maximum atomic E-state index is 12.9. The Morgan fingerprint density at radius 1 is 1.19 bits per heavy atom. The molecule has 0 atom stereocenters. The molecule has 1 aromatic carbocycles. The number of rotatable bonds is 9. The summed E-state index contributed by atoms with van der Waals surface area (Å²) in [7, 11) is 1.38. The Kier molecular flexibility index (Phi) is 9.50. The Hall–Kier alpha value is -2.56. The molecule has 0 fully saturated rings. The second-order valence-corrected chi connectivity index (χ2v) is 11.3. The number of anilines is 1. The summed E-state index contributed by atoms with van der Waals surface area (Å²) in [6.07, 6.45) is 6.22. The van der Waals surface area contributed by atoms with Gasteiger partial charge in [-0.15, -0.1) is 21.5 Å². The fraction of sp³-hybridized carbons (Fsp3) is 0.462. The van der Waals surface area contributed by atoms with E-state index in [4.69, 9.17) is 21.1 Å². The van der Waals surface area contributed by atoms with E-state index in [0.29, 0.717) is 38.9 Å². The zero-order valence-corrected chi connectivity index (χ0v) is 23.7. The van der Waals surface area contributed by atoms with Crippen molar-refractivity contribution in [3.05, 3.63) is 50.6 Å². The molecular formula is C26H31ClN4O4S2. The van der Waals surface area contributed by atoms with Crippen LogP contribution in [0.2, 0.25) is 5.02 Å². The second-order valence-electron chi connectivity index (χ2n) is 8.82. The van der Waals surface area contributed by atoms with Gasteiger partial charge in [0.15, 0.2) is 11.0 Å². The number of carbonyl (C=O) groups is 2. The number of methoxy groups -OCH3 is 1. The number of aryl methyl sites for hydroxylation is 2. The zero-order chi connectivity index (χ0) is 26.4. The Labute approximate surface area is 230 Å². The Morgan fingerprint density at radius 2 is 1.97 bits per heavy atom. The van der Waals surface area contributed by atoms with Gasteiger partial charge in [0.2, 0.25) is 5.91 Å². The first-order valence-corrected chi connectivity index (χ1v) is 14.6. The number of fused-ring (bicyclic) bond motifs is 1. The number of benzene rings is 1. The van der Waals surface area contributed by atoms with Gasteiger partial charge in [-0.2, -0.15) is 0 Å². The summed E-state index contributed by atoms with van der Waals surface area (Å²) in [6.45, 7) is 4.79. The van der Waals surface area contributed by atoms with Crippen molar-refractivity contribution in [3.8, 4) is 5.75 Å². The van der Waals surface area contributed by atoms with Gasteiger partial charge in [-0.25, -0.2) is 4.79 Å². The normalized spacial score (nSPS) is 13.4. The minimum atomic E-state index is -0.398. The third-order valence-corrected chi connectivity index (χ3v) is 8.69. The number of aromatic nitrogens is 3. The topological polar surface area (TPSA) is 95.3 Å². The molecule has 3 aromatic rings. The molecule has 198 valence electrons. The molecule has 0 saturated heterocycles. The summed E-state index contributed by atoms with van der Waals surface area (Å²) in [5.41, 5.74) is 2.59. The van der Waals surface area contributed by atoms with Crippen molar-refractivity contribution in [3.63, 3.8) is 0 Å². The maximum Gasteiger partial charge on any atom is 0.341 e. The van der Waals surface area contributed by atoms with Gasteiger partial charge in [-0.05, 0) is 62.8 Å². The lowest BCUT2D eigenvalue weighted by Crippen LogP contribution is -2.17. The molecule has 2 aromatic heterocycles. The van der Waals surface area contributed by atoms with E-state index < -0.39 is 5.97 Å². The number of nitrogens with zero attached hydrogens (tertiary/aromatic N) is 3. The summed E-state index contributed by atoms with van der Waals surface area (Å²) in [6, 6.07) is 5.60. The highest BCUT2D eigenvalue weighted by Gasteiger charge is 2.26. The fourth-order valence-electron chi connectivity index (χ4n) is 4.33. The van der Waals surface area contributed by atoms with Gasteiger partial charge in [0.1, 0.15) is 17.4 Å². The van der Waals surface area contributed by atoms with Crippen molar-refractivity contribution < 1.29 is 19.1 Å². The molecule has 0 unspecified atom stereocenters. The van der Waals surface area contributed by atoms with Crippen molar-refractivity contribution >= 4 is 51.6 Å². The van der Waals surface area contributed by atoms with Crippen LogP contribution in [0.25, 0.3) is 0 Å². The lowest BCUT2D eigenvalue weighted by molar-refractivity contribution is -0.113. The summed E-state index contributed by atoms with van der Waals surface area (Å²) in [4.78, 5) is 26.7. The molecule has 1 aliphatic carbocycles. The molecule has 11 heteroatoms. The smallest absolute Gasteiger partial charge is 0.341 e. The van der Waals surface area contributed by atoms with E-state index in [-0.39, 0.29) is 18.3 Å². The number of halogens is 1. The molecule has 1 aliphatic rings. The molecule has 0 saturated carbocycles. The van der Waals surface area contributed by atoms with Crippen LogP contribution in [-0.2, 0) is 35.5 Å². The van der Waals surface area contributed by atoms with Gasteiger partial charge in [-0.3, -0.25) is 4.79 Å². The van der Waals surface area contributed by atoms with E-state index in [9.17, 15) is 9.59 Å². The molecule has 1 amide bonds. The van der Waals surface area contributed by atoms with E-state index in [2.05, 4.69) is 15.5 Å². The second kappa shape index (κ2) is 12.8. The number of ether oxygens (including phenoxy) is 2.